The van der Waals surface area contributed by atoms with E-state index in [-0.39, 0.29) is 11.3 Å². The maximum absolute atomic E-state index is 11.5. The molecule has 0 spiro atoms. The molecule has 0 unspecified atom stereocenters. The van der Waals surface area contributed by atoms with Gasteiger partial charge in [-0.05, 0) is 47.7 Å². The highest BCUT2D eigenvalue weighted by molar-refractivity contribution is 14.1. The molecule has 1 aromatic rings. The molecule has 0 bridgehead atoms. The van der Waals surface area contributed by atoms with Crippen molar-refractivity contribution in [3.8, 4) is 5.75 Å². The molecule has 0 aromatic heterocycles. The third kappa shape index (κ3) is 3.09. The minimum Gasteiger partial charge on any atom is -0.507 e. The first-order valence-electron chi connectivity index (χ1n) is 4.44. The Morgan fingerprint density at radius 1 is 1.44 bits per heavy atom. The number of carboxylic acids is 1. The maximum atomic E-state index is 11.5. The van der Waals surface area contributed by atoms with Gasteiger partial charge in [-0.3, -0.25) is 9.59 Å². The molecule has 0 aliphatic rings. The average Bonchev–Trinajstić information content (AvgIpc) is 2.21. The molecule has 1 atom stereocenters. The summed E-state index contributed by atoms with van der Waals surface area (Å²) in [4.78, 5) is 22.1. The Balaban J connectivity index is 2.81. The van der Waals surface area contributed by atoms with Crippen molar-refractivity contribution in [2.75, 3.05) is 0 Å². The first kappa shape index (κ1) is 12.8. The van der Waals surface area contributed by atoms with Crippen LogP contribution in [-0.4, -0.2) is 28.1 Å². The number of hydrogen-bond acceptors (Lipinski definition) is 3. The summed E-state index contributed by atoms with van der Waals surface area (Å²) in [5.41, 5.74) is 0.228. The second kappa shape index (κ2) is 5.15. The Hall–Kier alpha value is -1.31. The van der Waals surface area contributed by atoms with Gasteiger partial charge >= 0.3 is 5.97 Å². The number of aromatic hydroxyl groups is 1. The van der Waals surface area contributed by atoms with Gasteiger partial charge in [-0.25, -0.2) is 0 Å². The molecule has 1 amide bonds. The van der Waals surface area contributed by atoms with Crippen molar-refractivity contribution < 1.29 is 19.8 Å². The van der Waals surface area contributed by atoms with E-state index in [2.05, 4.69) is 5.32 Å². The van der Waals surface area contributed by atoms with Gasteiger partial charge in [0.1, 0.15) is 11.8 Å². The lowest BCUT2D eigenvalue weighted by Gasteiger charge is -2.09. The van der Waals surface area contributed by atoms with E-state index in [4.69, 9.17) is 5.11 Å². The number of carbonyl (C=O) groups is 2. The molecule has 16 heavy (non-hydrogen) atoms. The molecule has 1 aromatic carbocycles. The van der Waals surface area contributed by atoms with Gasteiger partial charge in [0.25, 0.3) is 5.91 Å². The molecule has 0 saturated heterocycles. The van der Waals surface area contributed by atoms with Crippen LogP contribution in [0.15, 0.2) is 18.2 Å². The number of hydrogen-bond donors (Lipinski definition) is 3. The van der Waals surface area contributed by atoms with Gasteiger partial charge in [-0.15, -0.1) is 0 Å². The smallest absolute Gasteiger partial charge is 0.325 e. The standard InChI is InChI=1S/C10H10INO4/c1-5(10(15)16)12-9(14)6-2-3-7(11)8(13)4-6/h2-5,13H,1H3,(H,12,14)(H,15,16)/t5-/m1/s1. The minimum atomic E-state index is -1.11. The zero-order valence-electron chi connectivity index (χ0n) is 8.40. The Bertz CT molecular complexity index is 433. The third-order valence-electron chi connectivity index (χ3n) is 1.93. The highest BCUT2D eigenvalue weighted by Crippen LogP contribution is 2.20. The molecule has 0 radical (unpaired) electrons. The van der Waals surface area contributed by atoms with Crippen molar-refractivity contribution in [3.63, 3.8) is 0 Å². The molecule has 1 rings (SSSR count). The van der Waals surface area contributed by atoms with Gasteiger partial charge in [0.15, 0.2) is 0 Å². The second-order valence-electron chi connectivity index (χ2n) is 3.20. The van der Waals surface area contributed by atoms with Crippen molar-refractivity contribution in [3.05, 3.63) is 27.3 Å². The van der Waals surface area contributed by atoms with E-state index in [0.29, 0.717) is 3.57 Å². The molecule has 0 fully saturated rings. The fraction of sp³-hybridized carbons (Fsp3) is 0.200. The van der Waals surface area contributed by atoms with Gasteiger partial charge < -0.3 is 15.5 Å². The van der Waals surface area contributed by atoms with Gasteiger partial charge in [-0.1, -0.05) is 0 Å². The third-order valence-corrected chi connectivity index (χ3v) is 2.84. The topological polar surface area (TPSA) is 86.6 Å². The van der Waals surface area contributed by atoms with Crippen molar-refractivity contribution in [1.82, 2.24) is 5.32 Å². The molecule has 6 heteroatoms. The monoisotopic (exact) mass is 335 g/mol. The van der Waals surface area contributed by atoms with Crippen LogP contribution in [0.4, 0.5) is 0 Å². The van der Waals surface area contributed by atoms with Crippen LogP contribution in [0.5, 0.6) is 5.75 Å². The second-order valence-corrected chi connectivity index (χ2v) is 4.36. The summed E-state index contributed by atoms with van der Waals surface area (Å²) in [5, 5.41) is 20.3. The van der Waals surface area contributed by atoms with E-state index in [1.54, 1.807) is 6.07 Å². The van der Waals surface area contributed by atoms with Crippen LogP contribution in [0, 0.1) is 3.57 Å². The first-order chi connectivity index (χ1) is 7.41. The number of benzene rings is 1. The maximum Gasteiger partial charge on any atom is 0.325 e. The fourth-order valence-electron chi connectivity index (χ4n) is 0.996. The Labute approximate surface area is 106 Å². The summed E-state index contributed by atoms with van der Waals surface area (Å²) >= 11 is 1.92. The number of aliphatic carboxylic acids is 1. The van der Waals surface area contributed by atoms with E-state index < -0.39 is 17.9 Å². The van der Waals surface area contributed by atoms with Gasteiger partial charge in [0, 0.05) is 5.56 Å². The predicted molar refractivity (Wildman–Crippen MR) is 65.4 cm³/mol. The van der Waals surface area contributed by atoms with E-state index >= 15 is 0 Å². The van der Waals surface area contributed by atoms with Crippen LogP contribution in [-0.2, 0) is 4.79 Å². The van der Waals surface area contributed by atoms with Crippen molar-refractivity contribution in [1.29, 1.82) is 0 Å². The number of amides is 1. The Kier molecular flexibility index (Phi) is 4.11. The van der Waals surface area contributed by atoms with Crippen LogP contribution < -0.4 is 5.32 Å². The highest BCUT2D eigenvalue weighted by atomic mass is 127. The number of phenols is 1. The summed E-state index contributed by atoms with van der Waals surface area (Å²) in [6.45, 7) is 1.37. The zero-order valence-corrected chi connectivity index (χ0v) is 10.6. The molecule has 86 valence electrons. The van der Waals surface area contributed by atoms with E-state index in [1.807, 2.05) is 22.6 Å². The Morgan fingerprint density at radius 2 is 2.06 bits per heavy atom. The first-order valence-corrected chi connectivity index (χ1v) is 5.52. The lowest BCUT2D eigenvalue weighted by atomic mass is 10.2. The lowest BCUT2D eigenvalue weighted by molar-refractivity contribution is -0.138. The van der Waals surface area contributed by atoms with Crippen molar-refractivity contribution in [2.45, 2.75) is 13.0 Å². The van der Waals surface area contributed by atoms with Crippen LogP contribution in [0.1, 0.15) is 17.3 Å². The fourth-order valence-corrected chi connectivity index (χ4v) is 1.33. The van der Waals surface area contributed by atoms with Gasteiger partial charge in [0.05, 0.1) is 3.57 Å². The van der Waals surface area contributed by atoms with Crippen molar-refractivity contribution >= 4 is 34.5 Å². The molecule has 0 aliphatic carbocycles. The zero-order chi connectivity index (χ0) is 12.3. The molecule has 5 nitrogen and oxygen atoms in total. The molecule has 0 saturated carbocycles. The van der Waals surface area contributed by atoms with Crippen molar-refractivity contribution in [2.24, 2.45) is 0 Å². The molecular formula is C10H10INO4. The van der Waals surface area contributed by atoms with E-state index in [1.165, 1.54) is 19.1 Å². The van der Waals surface area contributed by atoms with Crippen LogP contribution >= 0.6 is 22.6 Å². The van der Waals surface area contributed by atoms with E-state index in [9.17, 15) is 14.7 Å². The summed E-state index contributed by atoms with van der Waals surface area (Å²) in [5.74, 6) is -1.64. The normalized spacial score (nSPS) is 11.9. The Morgan fingerprint density at radius 3 is 2.56 bits per heavy atom. The van der Waals surface area contributed by atoms with E-state index in [0.717, 1.165) is 0 Å². The van der Waals surface area contributed by atoms with Gasteiger partial charge in [-0.2, -0.15) is 0 Å². The lowest BCUT2D eigenvalue weighted by Crippen LogP contribution is -2.38. The summed E-state index contributed by atoms with van der Waals surface area (Å²) < 4.78 is 0.625. The van der Waals surface area contributed by atoms with Gasteiger partial charge in [0.2, 0.25) is 0 Å². The largest absolute Gasteiger partial charge is 0.507 e. The molecular weight excluding hydrogens is 325 g/mol. The number of nitrogens with one attached hydrogen (secondary N) is 1. The molecule has 0 heterocycles. The average molecular weight is 335 g/mol. The summed E-state index contributed by atoms with van der Waals surface area (Å²) in [6, 6.07) is 3.43. The summed E-state index contributed by atoms with van der Waals surface area (Å²) in [6.07, 6.45) is 0. The van der Waals surface area contributed by atoms with Crippen LogP contribution in [0.25, 0.3) is 0 Å². The highest BCUT2D eigenvalue weighted by Gasteiger charge is 2.15. The molecule has 0 aliphatic heterocycles. The van der Waals surface area contributed by atoms with Crippen LogP contribution in [0.2, 0.25) is 0 Å². The minimum absolute atomic E-state index is 0.00349. The number of carboxylic acid groups (broad SMARTS) is 1. The number of halogens is 1. The predicted octanol–water partition coefficient (Wildman–Crippen LogP) is 1.20. The SMILES string of the molecule is C[C@@H](NC(=O)c1ccc(I)c(O)c1)C(=O)O. The quantitative estimate of drug-likeness (QED) is 0.725. The summed E-state index contributed by atoms with van der Waals surface area (Å²) in [7, 11) is 0. The number of phenolic OH excluding ortho intramolecular Hbond substituents is 1. The number of carbonyl (C=O) groups excluding carboxylic acids is 1. The van der Waals surface area contributed by atoms with Crippen LogP contribution in [0.3, 0.4) is 0 Å². The molecule has 3 N–H and O–H groups in total. The number of rotatable bonds is 3.